The number of carboxylic acids is 1. The molecule has 0 heterocycles. The van der Waals surface area contributed by atoms with Gasteiger partial charge in [0.2, 0.25) is 0 Å². The van der Waals surface area contributed by atoms with Crippen molar-refractivity contribution in [3.8, 4) is 0 Å². The Morgan fingerprint density at radius 1 is 1.42 bits per heavy atom. The molecule has 3 nitrogen and oxygen atoms in total. The number of rotatable bonds is 5. The Labute approximate surface area is 90.8 Å². The van der Waals surface area contributed by atoms with Gasteiger partial charge in [0.15, 0.2) is 0 Å². The molecule has 0 aliphatic rings. The van der Waals surface area contributed by atoms with Crippen LogP contribution in [0.25, 0.3) is 0 Å². The van der Waals surface area contributed by atoms with Crippen LogP contribution in [0.15, 0.2) is 0 Å². The summed E-state index contributed by atoms with van der Waals surface area (Å²) in [6.07, 6.45) is 3.52. The van der Waals surface area contributed by atoms with E-state index in [9.17, 15) is 9.90 Å². The summed E-state index contributed by atoms with van der Waals surface area (Å²) in [5.41, 5.74) is 0. The van der Waals surface area contributed by atoms with Crippen LogP contribution in [-0.2, 0) is 4.79 Å². The second-order valence-electron chi connectivity index (χ2n) is 2.57. The largest absolute Gasteiger partial charge is 2.00 e. The zero-order chi connectivity index (χ0) is 7.98. The van der Waals surface area contributed by atoms with E-state index in [0.29, 0.717) is 6.42 Å². The van der Waals surface area contributed by atoms with E-state index in [1.165, 1.54) is 0 Å². The molecule has 4 heteroatoms. The predicted octanol–water partition coefficient (Wildman–Crippen LogP) is 0.395. The van der Waals surface area contributed by atoms with E-state index in [1.54, 1.807) is 0 Å². The molecule has 0 spiro atoms. The van der Waals surface area contributed by atoms with E-state index < -0.39 is 5.97 Å². The first-order valence-corrected chi connectivity index (χ1v) is 3.93. The molecule has 0 aromatic heterocycles. The normalized spacial score (nSPS) is 10.8. The Morgan fingerprint density at radius 2 is 1.92 bits per heavy atom. The first-order chi connectivity index (χ1) is 4.72. The number of unbranched alkanes of at least 4 members (excludes halogenated alkanes) is 1. The minimum Gasteiger partial charge on any atom is -0.870 e. The Balaban J connectivity index is -0.000000405. The SMILES string of the molecule is CCCCC(CC)C(=O)[O-].[OH-].[Sn+2]. The maximum atomic E-state index is 10.3. The number of aliphatic carboxylic acids is 1. The zero-order valence-electron chi connectivity index (χ0n) is 7.67. The summed E-state index contributed by atoms with van der Waals surface area (Å²) in [6, 6.07) is 0. The van der Waals surface area contributed by atoms with E-state index in [2.05, 4.69) is 6.92 Å². The van der Waals surface area contributed by atoms with Gasteiger partial charge in [-0.05, 0) is 18.8 Å². The molecule has 0 aliphatic heterocycles. The topological polar surface area (TPSA) is 70.1 Å². The van der Waals surface area contributed by atoms with Gasteiger partial charge < -0.3 is 15.4 Å². The van der Waals surface area contributed by atoms with Crippen molar-refractivity contribution in [2.24, 2.45) is 5.92 Å². The van der Waals surface area contributed by atoms with Gasteiger partial charge in [-0.2, -0.15) is 0 Å². The van der Waals surface area contributed by atoms with Crippen molar-refractivity contribution in [1.82, 2.24) is 0 Å². The van der Waals surface area contributed by atoms with Crippen LogP contribution in [0.5, 0.6) is 0 Å². The van der Waals surface area contributed by atoms with Gasteiger partial charge in [0.1, 0.15) is 0 Å². The molecule has 0 aliphatic carbocycles. The van der Waals surface area contributed by atoms with Crippen LogP contribution in [0.1, 0.15) is 39.5 Å². The van der Waals surface area contributed by atoms with E-state index in [-0.39, 0.29) is 35.3 Å². The summed E-state index contributed by atoms with van der Waals surface area (Å²) >= 11 is 0. The van der Waals surface area contributed by atoms with Crippen molar-refractivity contribution < 1.29 is 15.4 Å². The van der Waals surface area contributed by atoms with Crippen molar-refractivity contribution in [2.75, 3.05) is 0 Å². The number of hydrogen-bond donors (Lipinski definition) is 0. The van der Waals surface area contributed by atoms with Gasteiger partial charge in [-0.3, -0.25) is 0 Å². The maximum absolute atomic E-state index is 10.3. The third-order valence-electron chi connectivity index (χ3n) is 1.73. The molecule has 1 unspecified atom stereocenters. The predicted molar refractivity (Wildman–Crippen MR) is 46.0 cm³/mol. The molecule has 0 saturated heterocycles. The summed E-state index contributed by atoms with van der Waals surface area (Å²) in [5.74, 6) is -1.11. The number of carboxylic acid groups (broad SMARTS) is 1. The molecule has 1 atom stereocenters. The fraction of sp³-hybridized carbons (Fsp3) is 0.875. The van der Waals surface area contributed by atoms with Gasteiger partial charge in [-0.1, -0.05) is 26.7 Å². The minimum absolute atomic E-state index is 0. The standard InChI is InChI=1S/C8H16O2.H2O.Sn/c1-3-5-6-7(4-2)8(9)10;;/h7H,3-6H2,1-2H3,(H,9,10);1H2;/q;;+2/p-2. The van der Waals surface area contributed by atoms with Crippen LogP contribution in [0.4, 0.5) is 0 Å². The smallest absolute Gasteiger partial charge is 0.870 e. The van der Waals surface area contributed by atoms with Gasteiger partial charge in [-0.15, -0.1) is 0 Å². The third kappa shape index (κ3) is 8.33. The molecular weight excluding hydrogens is 263 g/mol. The number of carbonyl (C=O) groups is 1. The number of carbonyl (C=O) groups excluding carboxylic acids is 1. The minimum atomic E-state index is -0.893. The van der Waals surface area contributed by atoms with Crippen molar-refractivity contribution >= 4 is 29.9 Å². The van der Waals surface area contributed by atoms with E-state index >= 15 is 0 Å². The molecule has 0 rings (SSSR count). The fourth-order valence-electron chi connectivity index (χ4n) is 0.939. The van der Waals surface area contributed by atoms with E-state index in [0.717, 1.165) is 19.3 Å². The average Bonchev–Trinajstić information content (AvgIpc) is 1.89. The molecule has 0 aromatic carbocycles. The summed E-state index contributed by atoms with van der Waals surface area (Å²) in [5, 5.41) is 10.3. The van der Waals surface area contributed by atoms with Crippen molar-refractivity contribution in [3.63, 3.8) is 0 Å². The van der Waals surface area contributed by atoms with Gasteiger partial charge in [0, 0.05) is 5.97 Å². The molecule has 0 fully saturated rings. The van der Waals surface area contributed by atoms with Crippen LogP contribution in [0, 0.1) is 5.92 Å². The molecule has 12 heavy (non-hydrogen) atoms. The Hall–Kier alpha value is 0.229. The second-order valence-corrected chi connectivity index (χ2v) is 2.57. The molecule has 2 radical (unpaired) electrons. The Bertz CT molecular complexity index is 106. The Kier molecular flexibility index (Phi) is 16.9. The monoisotopic (exact) mass is 280 g/mol. The van der Waals surface area contributed by atoms with Crippen molar-refractivity contribution in [3.05, 3.63) is 0 Å². The van der Waals surface area contributed by atoms with Crippen LogP contribution >= 0.6 is 0 Å². The zero-order valence-corrected chi connectivity index (χ0v) is 10.5. The number of hydrogen-bond acceptors (Lipinski definition) is 3. The Morgan fingerprint density at radius 3 is 2.17 bits per heavy atom. The van der Waals surface area contributed by atoms with Crippen LogP contribution in [0.2, 0.25) is 0 Å². The molecule has 0 saturated carbocycles. The summed E-state index contributed by atoms with van der Waals surface area (Å²) < 4.78 is 0. The fourth-order valence-corrected chi connectivity index (χ4v) is 0.939. The van der Waals surface area contributed by atoms with Gasteiger partial charge in [0.05, 0.1) is 0 Å². The van der Waals surface area contributed by atoms with Crippen LogP contribution in [-0.4, -0.2) is 35.4 Å². The summed E-state index contributed by atoms with van der Waals surface area (Å²) in [4.78, 5) is 10.3. The van der Waals surface area contributed by atoms with Gasteiger partial charge in [0.25, 0.3) is 0 Å². The maximum Gasteiger partial charge on any atom is 2.00 e. The third-order valence-corrected chi connectivity index (χ3v) is 1.73. The van der Waals surface area contributed by atoms with E-state index in [1.807, 2.05) is 6.92 Å². The van der Waals surface area contributed by atoms with Crippen molar-refractivity contribution in [1.29, 1.82) is 0 Å². The van der Waals surface area contributed by atoms with Crippen LogP contribution in [0.3, 0.4) is 0 Å². The molecule has 0 bridgehead atoms. The summed E-state index contributed by atoms with van der Waals surface area (Å²) in [7, 11) is 0. The summed E-state index contributed by atoms with van der Waals surface area (Å²) in [6.45, 7) is 3.94. The quantitative estimate of drug-likeness (QED) is 0.684. The van der Waals surface area contributed by atoms with Gasteiger partial charge >= 0.3 is 23.9 Å². The first-order valence-electron chi connectivity index (χ1n) is 3.93. The average molecular weight is 279 g/mol. The van der Waals surface area contributed by atoms with E-state index in [4.69, 9.17) is 0 Å². The molecule has 0 amide bonds. The van der Waals surface area contributed by atoms with Crippen LogP contribution < -0.4 is 5.11 Å². The van der Waals surface area contributed by atoms with Crippen molar-refractivity contribution in [2.45, 2.75) is 39.5 Å². The molecule has 1 N–H and O–H groups in total. The molecular formula is C8H16O3Sn. The van der Waals surface area contributed by atoms with Gasteiger partial charge in [-0.25, -0.2) is 0 Å². The molecule has 0 aromatic rings. The first kappa shape index (κ1) is 18.1. The second kappa shape index (κ2) is 11.2. The molecule has 70 valence electrons.